The molecule has 0 aliphatic carbocycles. The minimum Gasteiger partial charge on any atom is -0.511 e. The molecule has 0 radical (unpaired) electrons. The molecule has 6 heteroatoms. The molecule has 2 N–H and O–H groups in total. The van der Waals surface area contributed by atoms with Crippen molar-refractivity contribution in [2.45, 2.75) is 0 Å². The lowest BCUT2D eigenvalue weighted by atomic mass is 9.97. The van der Waals surface area contributed by atoms with Gasteiger partial charge in [-0.3, -0.25) is 0 Å². The van der Waals surface area contributed by atoms with E-state index in [4.69, 9.17) is 20.0 Å². The first-order valence-corrected chi connectivity index (χ1v) is 9.34. The minimum absolute atomic E-state index is 0.465. The van der Waals surface area contributed by atoms with E-state index in [1.165, 1.54) is 5.39 Å². The van der Waals surface area contributed by atoms with Gasteiger partial charge in [-0.2, -0.15) is 5.26 Å². The van der Waals surface area contributed by atoms with E-state index in [9.17, 15) is 0 Å². The molecule has 0 fully saturated rings. The Balaban J connectivity index is 0.000000230. The van der Waals surface area contributed by atoms with Gasteiger partial charge in [-0.05, 0) is 57.3 Å². The maximum atomic E-state index is 9.14. The second-order valence-corrected chi connectivity index (χ2v) is 6.61. The van der Waals surface area contributed by atoms with E-state index in [1.54, 1.807) is 30.5 Å². The molecule has 0 saturated carbocycles. The van der Waals surface area contributed by atoms with Crippen molar-refractivity contribution in [3.05, 3.63) is 96.8 Å². The van der Waals surface area contributed by atoms with Crippen molar-refractivity contribution in [3.8, 4) is 11.8 Å². The largest absolute Gasteiger partial charge is 0.707 e. The zero-order valence-corrected chi connectivity index (χ0v) is 15.9. The second-order valence-electron chi connectivity index (χ2n) is 6.61. The van der Waals surface area contributed by atoms with Gasteiger partial charge < -0.3 is 14.7 Å². The molecule has 0 atom stereocenters. The molecule has 1 aromatic heterocycles. The number of aromatic nitrogens is 1. The molecule has 0 aliphatic heterocycles. The van der Waals surface area contributed by atoms with Crippen LogP contribution in [-0.4, -0.2) is 22.4 Å². The van der Waals surface area contributed by atoms with Crippen LogP contribution in [0, 0.1) is 11.3 Å². The topological polar surface area (TPSA) is 86.4 Å². The van der Waals surface area contributed by atoms with Crippen LogP contribution in [0.1, 0.15) is 5.69 Å². The fraction of sp³-hybridized carbons (Fsp3) is 0. The van der Waals surface area contributed by atoms with Crippen LogP contribution in [0.3, 0.4) is 0 Å². The Morgan fingerprint density at radius 2 is 1.47 bits per heavy atom. The van der Waals surface area contributed by atoms with Crippen LogP contribution < -0.4 is 4.65 Å². The van der Waals surface area contributed by atoms with Crippen LogP contribution in [0.15, 0.2) is 91.1 Å². The van der Waals surface area contributed by atoms with E-state index in [1.807, 2.05) is 36.4 Å². The van der Waals surface area contributed by atoms with Gasteiger partial charge in [0.1, 0.15) is 17.5 Å². The Morgan fingerprint density at radius 1 is 0.767 bits per heavy atom. The Labute approximate surface area is 173 Å². The molecule has 1 heterocycles. The highest BCUT2D eigenvalue weighted by molar-refractivity contribution is 6.34. The normalized spacial score (nSPS) is 10.3. The summed E-state index contributed by atoms with van der Waals surface area (Å²) in [6, 6.07) is 29.2. The smallest absolute Gasteiger partial charge is 0.511 e. The second kappa shape index (κ2) is 8.62. The van der Waals surface area contributed by atoms with Gasteiger partial charge in [0.05, 0.1) is 0 Å². The van der Waals surface area contributed by atoms with Crippen LogP contribution in [-0.2, 0) is 0 Å². The van der Waals surface area contributed by atoms with Crippen LogP contribution in [0.4, 0.5) is 0 Å². The number of benzene rings is 4. The number of nitriles is 1. The van der Waals surface area contributed by atoms with E-state index >= 15 is 0 Å². The lowest BCUT2D eigenvalue weighted by Gasteiger charge is -2.12. The van der Waals surface area contributed by atoms with Crippen LogP contribution in [0.5, 0.6) is 5.75 Å². The standard InChI is InChI=1S/C18H13BO3.C6H4N2/c20-19(21)22-17-7-3-6-12-8-9-15-10-13-4-1-2-5-14(13)11-16(15)18(12)17;7-5-6-3-1-2-4-8-6/h1-11,20-21H;1-4H. The zero-order chi connectivity index (χ0) is 20.9. The molecule has 0 unspecified atom stereocenters. The number of rotatable bonds is 2. The summed E-state index contributed by atoms with van der Waals surface area (Å²) in [5, 5.41) is 32.8. The molecule has 5 nitrogen and oxygen atoms in total. The van der Waals surface area contributed by atoms with E-state index < -0.39 is 7.32 Å². The summed E-state index contributed by atoms with van der Waals surface area (Å²) in [6.07, 6.45) is 1.60. The van der Waals surface area contributed by atoms with Gasteiger partial charge in [0, 0.05) is 11.6 Å². The first-order valence-electron chi connectivity index (χ1n) is 9.34. The minimum atomic E-state index is -1.83. The van der Waals surface area contributed by atoms with Crippen LogP contribution in [0.25, 0.3) is 32.3 Å². The lowest BCUT2D eigenvalue weighted by Crippen LogP contribution is -2.20. The van der Waals surface area contributed by atoms with Crippen LogP contribution in [0.2, 0.25) is 0 Å². The molecule has 0 saturated heterocycles. The van der Waals surface area contributed by atoms with Gasteiger partial charge in [-0.25, -0.2) is 4.98 Å². The highest BCUT2D eigenvalue weighted by atomic mass is 16.6. The molecule has 0 aliphatic rings. The number of hydrogen-bond acceptors (Lipinski definition) is 5. The maximum absolute atomic E-state index is 9.14. The maximum Gasteiger partial charge on any atom is 0.707 e. The summed E-state index contributed by atoms with van der Waals surface area (Å²) < 4.78 is 5.16. The summed E-state index contributed by atoms with van der Waals surface area (Å²) >= 11 is 0. The molecular weight excluding hydrogens is 375 g/mol. The summed E-state index contributed by atoms with van der Waals surface area (Å²) in [5.41, 5.74) is 0.465. The van der Waals surface area contributed by atoms with E-state index in [2.05, 4.69) is 35.3 Å². The third kappa shape index (κ3) is 4.08. The van der Waals surface area contributed by atoms with E-state index in [0.717, 1.165) is 26.9 Å². The summed E-state index contributed by atoms with van der Waals surface area (Å²) in [7, 11) is -1.83. The SMILES string of the molecule is N#Cc1ccccn1.OB(O)Oc1cccc2ccc3cc4ccccc4cc3c12. The van der Waals surface area contributed by atoms with Gasteiger partial charge in [0.2, 0.25) is 0 Å². The Kier molecular flexibility index (Phi) is 5.58. The lowest BCUT2D eigenvalue weighted by molar-refractivity contribution is 0.289. The fourth-order valence-electron chi connectivity index (χ4n) is 3.41. The average Bonchev–Trinajstić information content (AvgIpc) is 2.78. The van der Waals surface area contributed by atoms with Crippen molar-refractivity contribution < 1.29 is 14.7 Å². The summed E-state index contributed by atoms with van der Waals surface area (Å²) in [4.78, 5) is 3.74. The number of pyridine rings is 1. The number of fused-ring (bicyclic) bond motifs is 4. The van der Waals surface area contributed by atoms with Gasteiger partial charge in [-0.15, -0.1) is 0 Å². The van der Waals surface area contributed by atoms with Gasteiger partial charge >= 0.3 is 7.32 Å². The molecule has 30 heavy (non-hydrogen) atoms. The number of nitrogens with zero attached hydrogens (tertiary/aromatic N) is 2. The monoisotopic (exact) mass is 392 g/mol. The van der Waals surface area contributed by atoms with Crippen molar-refractivity contribution in [1.82, 2.24) is 4.98 Å². The highest BCUT2D eigenvalue weighted by Gasteiger charge is 2.15. The predicted octanol–water partition coefficient (Wildman–Crippen LogP) is 4.45. The van der Waals surface area contributed by atoms with E-state index in [0.29, 0.717) is 11.4 Å². The van der Waals surface area contributed by atoms with Crippen molar-refractivity contribution in [1.29, 1.82) is 5.26 Å². The molecule has 0 spiro atoms. The molecule has 5 aromatic rings. The summed E-state index contributed by atoms with van der Waals surface area (Å²) in [6.45, 7) is 0. The Hall–Kier alpha value is -3.92. The molecule has 5 rings (SSSR count). The molecule has 4 aromatic carbocycles. The van der Waals surface area contributed by atoms with Crippen molar-refractivity contribution in [2.24, 2.45) is 0 Å². The van der Waals surface area contributed by atoms with E-state index in [-0.39, 0.29) is 0 Å². The molecule has 0 amide bonds. The molecule has 0 bridgehead atoms. The zero-order valence-electron chi connectivity index (χ0n) is 15.9. The van der Waals surface area contributed by atoms with Crippen molar-refractivity contribution in [3.63, 3.8) is 0 Å². The third-order valence-electron chi connectivity index (χ3n) is 4.70. The van der Waals surface area contributed by atoms with Gasteiger partial charge in [0.15, 0.2) is 0 Å². The molecular formula is C24H17BN2O3. The number of hydrogen-bond donors (Lipinski definition) is 2. The fourth-order valence-corrected chi connectivity index (χ4v) is 3.41. The van der Waals surface area contributed by atoms with Gasteiger partial charge in [-0.1, -0.05) is 54.6 Å². The van der Waals surface area contributed by atoms with Crippen molar-refractivity contribution in [2.75, 3.05) is 0 Å². The van der Waals surface area contributed by atoms with Crippen LogP contribution >= 0.6 is 0 Å². The average molecular weight is 392 g/mol. The summed E-state index contributed by atoms with van der Waals surface area (Å²) in [5.74, 6) is 0.466. The van der Waals surface area contributed by atoms with Gasteiger partial charge in [0.25, 0.3) is 0 Å². The first-order chi connectivity index (χ1) is 14.7. The first kappa shape index (κ1) is 19.4. The Bertz CT molecular complexity index is 1370. The molecule has 144 valence electrons. The highest BCUT2D eigenvalue weighted by Crippen LogP contribution is 2.35. The third-order valence-corrected chi connectivity index (χ3v) is 4.70. The quantitative estimate of drug-likeness (QED) is 0.263. The Morgan fingerprint density at radius 3 is 2.13 bits per heavy atom. The predicted molar refractivity (Wildman–Crippen MR) is 119 cm³/mol. The van der Waals surface area contributed by atoms with Crippen molar-refractivity contribution >= 4 is 39.6 Å².